The van der Waals surface area contributed by atoms with E-state index in [-0.39, 0.29) is 5.84 Å². The summed E-state index contributed by atoms with van der Waals surface area (Å²) in [6.07, 6.45) is 0. The molecule has 0 radical (unpaired) electrons. The average molecular weight is 162 g/mol. The van der Waals surface area contributed by atoms with Crippen molar-refractivity contribution in [2.75, 3.05) is 0 Å². The summed E-state index contributed by atoms with van der Waals surface area (Å²) in [5, 5.41) is 7.35. The lowest BCUT2D eigenvalue weighted by Crippen LogP contribution is -2.14. The predicted octanol–water partition coefficient (Wildman–Crippen LogP) is 2.09. The molecule has 0 saturated carbocycles. The van der Waals surface area contributed by atoms with Gasteiger partial charge in [0.2, 0.25) is 0 Å². The van der Waals surface area contributed by atoms with Gasteiger partial charge < -0.3 is 5.73 Å². The molecule has 0 bridgehead atoms. The van der Waals surface area contributed by atoms with E-state index in [1.54, 1.807) is 0 Å². The first-order valence-electron chi connectivity index (χ1n) is 4.06. The van der Waals surface area contributed by atoms with Crippen molar-refractivity contribution in [2.45, 2.75) is 19.8 Å². The zero-order valence-corrected chi connectivity index (χ0v) is 7.46. The molecule has 0 fully saturated rings. The van der Waals surface area contributed by atoms with Crippen molar-refractivity contribution in [2.24, 2.45) is 5.73 Å². The number of benzene rings is 1. The first-order valence-corrected chi connectivity index (χ1v) is 4.06. The standard InChI is InChI=1S/C10H14N2/c1-7(2)8-5-3-4-6-9(8)10(11)12/h3-7H,1-2H3,(H3,11,12). The number of nitrogen functional groups attached to an aromatic ring is 1. The molecule has 0 aliphatic heterocycles. The largest absolute Gasteiger partial charge is 0.384 e. The fourth-order valence-electron chi connectivity index (χ4n) is 1.25. The first-order chi connectivity index (χ1) is 5.63. The van der Waals surface area contributed by atoms with Gasteiger partial charge in [-0.25, -0.2) is 0 Å². The maximum atomic E-state index is 7.35. The summed E-state index contributed by atoms with van der Waals surface area (Å²) >= 11 is 0. The topological polar surface area (TPSA) is 49.9 Å². The van der Waals surface area contributed by atoms with Crippen LogP contribution >= 0.6 is 0 Å². The summed E-state index contributed by atoms with van der Waals surface area (Å²) < 4.78 is 0. The summed E-state index contributed by atoms with van der Waals surface area (Å²) in [4.78, 5) is 0. The molecular formula is C10H14N2. The minimum atomic E-state index is 0.152. The van der Waals surface area contributed by atoms with Crippen molar-refractivity contribution in [1.82, 2.24) is 0 Å². The summed E-state index contributed by atoms with van der Waals surface area (Å²) in [5.41, 5.74) is 7.43. The average Bonchev–Trinajstić information content (AvgIpc) is 2.04. The van der Waals surface area contributed by atoms with Crippen molar-refractivity contribution in [1.29, 1.82) is 5.41 Å². The van der Waals surface area contributed by atoms with Crippen LogP contribution in [-0.4, -0.2) is 5.84 Å². The van der Waals surface area contributed by atoms with Crippen LogP contribution in [0.4, 0.5) is 0 Å². The molecule has 1 rings (SSSR count). The Labute approximate surface area is 72.9 Å². The van der Waals surface area contributed by atoms with Crippen LogP contribution in [0.2, 0.25) is 0 Å². The molecule has 0 aromatic heterocycles. The Morgan fingerprint density at radius 3 is 2.33 bits per heavy atom. The third kappa shape index (κ3) is 1.64. The molecule has 0 aliphatic carbocycles. The van der Waals surface area contributed by atoms with Crippen LogP contribution in [0, 0.1) is 5.41 Å². The Morgan fingerprint density at radius 1 is 1.33 bits per heavy atom. The van der Waals surface area contributed by atoms with Gasteiger partial charge in [0.25, 0.3) is 0 Å². The molecule has 0 aliphatic rings. The molecule has 1 aromatic carbocycles. The Balaban J connectivity index is 3.17. The molecule has 0 unspecified atom stereocenters. The number of nitrogens with two attached hydrogens (primary N) is 1. The molecule has 2 nitrogen and oxygen atoms in total. The van der Waals surface area contributed by atoms with Gasteiger partial charge in [0.1, 0.15) is 5.84 Å². The minimum Gasteiger partial charge on any atom is -0.384 e. The van der Waals surface area contributed by atoms with Gasteiger partial charge >= 0.3 is 0 Å². The van der Waals surface area contributed by atoms with E-state index in [1.165, 1.54) is 0 Å². The van der Waals surface area contributed by atoms with E-state index in [1.807, 2.05) is 24.3 Å². The van der Waals surface area contributed by atoms with Crippen molar-refractivity contribution in [3.8, 4) is 0 Å². The SMILES string of the molecule is CC(C)c1ccccc1C(=N)N. The molecule has 64 valence electrons. The second-order valence-electron chi connectivity index (χ2n) is 3.16. The van der Waals surface area contributed by atoms with E-state index < -0.39 is 0 Å². The second kappa shape index (κ2) is 3.39. The van der Waals surface area contributed by atoms with E-state index in [2.05, 4.69) is 13.8 Å². The molecule has 0 atom stereocenters. The van der Waals surface area contributed by atoms with Gasteiger partial charge in [-0.15, -0.1) is 0 Å². The van der Waals surface area contributed by atoms with E-state index in [9.17, 15) is 0 Å². The number of amidine groups is 1. The smallest absolute Gasteiger partial charge is 0.123 e. The fraction of sp³-hybridized carbons (Fsp3) is 0.300. The third-order valence-electron chi connectivity index (χ3n) is 1.87. The maximum absolute atomic E-state index is 7.35. The van der Waals surface area contributed by atoms with Crippen molar-refractivity contribution < 1.29 is 0 Å². The lowest BCUT2D eigenvalue weighted by Gasteiger charge is -2.10. The van der Waals surface area contributed by atoms with Crippen LogP contribution in [0.25, 0.3) is 0 Å². The van der Waals surface area contributed by atoms with Crippen LogP contribution in [0.1, 0.15) is 30.9 Å². The van der Waals surface area contributed by atoms with Crippen LogP contribution in [-0.2, 0) is 0 Å². The Bertz CT molecular complexity index is 290. The predicted molar refractivity (Wildman–Crippen MR) is 51.5 cm³/mol. The highest BCUT2D eigenvalue weighted by Gasteiger charge is 2.06. The van der Waals surface area contributed by atoms with E-state index >= 15 is 0 Å². The molecule has 0 amide bonds. The molecular weight excluding hydrogens is 148 g/mol. The van der Waals surface area contributed by atoms with Gasteiger partial charge in [-0.3, -0.25) is 5.41 Å². The summed E-state index contributed by atoms with van der Waals surface area (Å²) in [7, 11) is 0. The molecule has 0 spiro atoms. The van der Waals surface area contributed by atoms with Crippen molar-refractivity contribution >= 4 is 5.84 Å². The first kappa shape index (κ1) is 8.78. The monoisotopic (exact) mass is 162 g/mol. The van der Waals surface area contributed by atoms with Gasteiger partial charge in [0.15, 0.2) is 0 Å². The highest BCUT2D eigenvalue weighted by atomic mass is 14.7. The summed E-state index contributed by atoms with van der Waals surface area (Å²) in [5.74, 6) is 0.574. The van der Waals surface area contributed by atoms with Gasteiger partial charge in [-0.1, -0.05) is 38.1 Å². The molecule has 1 aromatic rings. The zero-order chi connectivity index (χ0) is 9.14. The number of rotatable bonds is 2. The van der Waals surface area contributed by atoms with E-state index in [4.69, 9.17) is 11.1 Å². The van der Waals surface area contributed by atoms with Crippen LogP contribution in [0.5, 0.6) is 0 Å². The molecule has 2 heteroatoms. The highest BCUT2D eigenvalue weighted by Crippen LogP contribution is 2.18. The molecule has 3 N–H and O–H groups in total. The van der Waals surface area contributed by atoms with E-state index in [0.29, 0.717) is 5.92 Å². The Kier molecular flexibility index (Phi) is 2.48. The zero-order valence-electron chi connectivity index (χ0n) is 7.46. The van der Waals surface area contributed by atoms with Gasteiger partial charge in [-0.05, 0) is 11.5 Å². The number of nitrogens with one attached hydrogen (secondary N) is 1. The summed E-state index contributed by atoms with van der Waals surface area (Å²) in [6.45, 7) is 4.20. The van der Waals surface area contributed by atoms with Crippen LogP contribution in [0.15, 0.2) is 24.3 Å². The molecule has 0 heterocycles. The number of hydrogen-bond donors (Lipinski definition) is 2. The van der Waals surface area contributed by atoms with E-state index in [0.717, 1.165) is 11.1 Å². The lowest BCUT2D eigenvalue weighted by atomic mass is 9.97. The van der Waals surface area contributed by atoms with Crippen molar-refractivity contribution in [3.05, 3.63) is 35.4 Å². The normalized spacial score (nSPS) is 10.2. The maximum Gasteiger partial charge on any atom is 0.123 e. The minimum absolute atomic E-state index is 0.152. The van der Waals surface area contributed by atoms with Crippen LogP contribution < -0.4 is 5.73 Å². The number of hydrogen-bond acceptors (Lipinski definition) is 1. The quantitative estimate of drug-likeness (QED) is 0.507. The highest BCUT2D eigenvalue weighted by molar-refractivity contribution is 5.96. The lowest BCUT2D eigenvalue weighted by molar-refractivity contribution is 0.863. The van der Waals surface area contributed by atoms with Gasteiger partial charge in [0, 0.05) is 5.56 Å². The molecule has 12 heavy (non-hydrogen) atoms. The van der Waals surface area contributed by atoms with Crippen molar-refractivity contribution in [3.63, 3.8) is 0 Å². The molecule has 0 saturated heterocycles. The third-order valence-corrected chi connectivity index (χ3v) is 1.87. The fourth-order valence-corrected chi connectivity index (χ4v) is 1.25. The summed E-state index contributed by atoms with van der Waals surface area (Å²) in [6, 6.07) is 7.78. The van der Waals surface area contributed by atoms with Gasteiger partial charge in [-0.2, -0.15) is 0 Å². The Hall–Kier alpha value is -1.31. The second-order valence-corrected chi connectivity index (χ2v) is 3.16. The Morgan fingerprint density at radius 2 is 1.92 bits per heavy atom. The van der Waals surface area contributed by atoms with Gasteiger partial charge in [0.05, 0.1) is 0 Å². The van der Waals surface area contributed by atoms with Crippen LogP contribution in [0.3, 0.4) is 0 Å².